The molecule has 0 N–H and O–H groups in total. The van der Waals surface area contributed by atoms with Gasteiger partial charge < -0.3 is 19.6 Å². The molecule has 0 saturated carbocycles. The SMILES string of the molecule is [C-]#[N+]c1cc(N(C)C)ccc1[N+](=C1C=CC(=[N+](c2ccc(N(C)C)cc2)c2ccc(N(C)C)cc2C#N)C=C1)c1ccc(N(C)C)cc1. The molecule has 0 saturated heterocycles. The van der Waals surface area contributed by atoms with Crippen molar-refractivity contribution in [3.8, 4) is 6.07 Å². The number of hydrogen-bond acceptors (Lipinski definition) is 5. The lowest BCUT2D eigenvalue weighted by Crippen LogP contribution is -2.21. The molecule has 0 fully saturated rings. The highest BCUT2D eigenvalue weighted by Gasteiger charge is 2.27. The van der Waals surface area contributed by atoms with Crippen molar-refractivity contribution in [1.29, 1.82) is 5.26 Å². The lowest BCUT2D eigenvalue weighted by Gasteiger charge is -2.16. The maximum atomic E-state index is 10.3. The molecule has 0 atom stereocenters. The Bertz CT molecular complexity index is 1860. The van der Waals surface area contributed by atoms with Gasteiger partial charge in [0, 0.05) is 140 Å². The van der Waals surface area contributed by atoms with Crippen molar-refractivity contribution < 1.29 is 0 Å². The van der Waals surface area contributed by atoms with Gasteiger partial charge in [0.05, 0.1) is 6.57 Å². The maximum Gasteiger partial charge on any atom is 0.259 e. The van der Waals surface area contributed by atoms with Crippen LogP contribution in [0.1, 0.15) is 5.56 Å². The smallest absolute Gasteiger partial charge is 0.259 e. The minimum Gasteiger partial charge on any atom is -0.379 e. The van der Waals surface area contributed by atoms with E-state index >= 15 is 0 Å². The van der Waals surface area contributed by atoms with Crippen molar-refractivity contribution in [2.45, 2.75) is 0 Å². The number of hydrogen-bond donors (Lipinski definition) is 0. The van der Waals surface area contributed by atoms with Crippen molar-refractivity contribution in [3.05, 3.63) is 126 Å². The summed E-state index contributed by atoms with van der Waals surface area (Å²) < 4.78 is 4.24. The summed E-state index contributed by atoms with van der Waals surface area (Å²) in [4.78, 5) is 12.1. The normalized spacial score (nSPS) is 11.9. The topological polar surface area (TPSA) is 47.1 Å². The first-order valence-corrected chi connectivity index (χ1v) is 15.7. The van der Waals surface area contributed by atoms with E-state index in [1.54, 1.807) is 0 Å². The zero-order valence-corrected chi connectivity index (χ0v) is 29.0. The Kier molecular flexibility index (Phi) is 9.77. The van der Waals surface area contributed by atoms with Gasteiger partial charge in [-0.3, -0.25) is 0 Å². The van der Waals surface area contributed by atoms with Crippen molar-refractivity contribution >= 4 is 62.6 Å². The summed E-state index contributed by atoms with van der Waals surface area (Å²) in [7, 11) is 16.0. The summed E-state index contributed by atoms with van der Waals surface area (Å²) in [5, 5.41) is 10.3. The van der Waals surface area contributed by atoms with Gasteiger partial charge in [0.25, 0.3) is 5.69 Å². The number of benzene rings is 4. The highest BCUT2D eigenvalue weighted by molar-refractivity contribution is 6.21. The van der Waals surface area contributed by atoms with E-state index in [0.29, 0.717) is 11.3 Å². The van der Waals surface area contributed by atoms with Gasteiger partial charge in [0.2, 0.25) is 34.2 Å². The Morgan fingerprint density at radius 2 is 0.896 bits per heavy atom. The van der Waals surface area contributed by atoms with Crippen LogP contribution in [0, 0.1) is 17.9 Å². The fourth-order valence-corrected chi connectivity index (χ4v) is 5.56. The molecule has 240 valence electrons. The molecule has 0 aromatic heterocycles. The fourth-order valence-electron chi connectivity index (χ4n) is 5.56. The van der Waals surface area contributed by atoms with Gasteiger partial charge in [-0.25, -0.2) is 4.85 Å². The van der Waals surface area contributed by atoms with Gasteiger partial charge in [-0.05, 0) is 48.5 Å². The number of allylic oxidation sites excluding steroid dienone is 4. The third-order valence-electron chi connectivity index (χ3n) is 8.31. The molecule has 48 heavy (non-hydrogen) atoms. The summed E-state index contributed by atoms with van der Waals surface area (Å²) in [5.41, 5.74) is 10.5. The molecule has 0 unspecified atom stereocenters. The van der Waals surface area contributed by atoms with Crippen molar-refractivity contribution in [2.24, 2.45) is 0 Å². The summed E-state index contributed by atoms with van der Waals surface area (Å²) in [6.07, 6.45) is 8.29. The predicted octanol–water partition coefficient (Wildman–Crippen LogP) is 7.75. The molecular formula is C40H42N8+2. The number of rotatable bonds is 8. The van der Waals surface area contributed by atoms with Gasteiger partial charge in [-0.15, -0.1) is 0 Å². The van der Waals surface area contributed by atoms with E-state index in [0.717, 1.165) is 56.9 Å². The van der Waals surface area contributed by atoms with Crippen molar-refractivity contribution in [1.82, 2.24) is 9.15 Å². The molecule has 0 radical (unpaired) electrons. The first kappa shape index (κ1) is 33.2. The summed E-state index contributed by atoms with van der Waals surface area (Å²) in [6.45, 7) is 8.07. The summed E-state index contributed by atoms with van der Waals surface area (Å²) in [6, 6.07) is 31.0. The molecular weight excluding hydrogens is 592 g/mol. The minimum absolute atomic E-state index is 0.559. The number of anilines is 4. The van der Waals surface area contributed by atoms with E-state index in [-0.39, 0.29) is 0 Å². The molecule has 1 aliphatic carbocycles. The van der Waals surface area contributed by atoms with Crippen LogP contribution < -0.4 is 28.8 Å². The Balaban J connectivity index is 1.74. The van der Waals surface area contributed by atoms with Crippen LogP contribution in [0.25, 0.3) is 4.85 Å². The lowest BCUT2D eigenvalue weighted by atomic mass is 10.1. The quantitative estimate of drug-likeness (QED) is 0.113. The lowest BCUT2D eigenvalue weighted by molar-refractivity contribution is 1.06. The minimum atomic E-state index is 0.559. The zero-order valence-electron chi connectivity index (χ0n) is 29.0. The molecule has 0 bridgehead atoms. The molecule has 8 heteroatoms. The van der Waals surface area contributed by atoms with Gasteiger partial charge in [-0.1, -0.05) is 0 Å². The van der Waals surface area contributed by atoms with E-state index in [1.165, 1.54) is 0 Å². The summed E-state index contributed by atoms with van der Waals surface area (Å²) in [5.74, 6) is 0. The zero-order chi connectivity index (χ0) is 34.5. The Morgan fingerprint density at radius 3 is 1.29 bits per heavy atom. The van der Waals surface area contributed by atoms with Crippen LogP contribution in [0.4, 0.5) is 51.2 Å². The molecule has 1 aliphatic rings. The number of nitriles is 1. The third kappa shape index (κ3) is 6.84. The van der Waals surface area contributed by atoms with E-state index in [1.807, 2.05) is 103 Å². The monoisotopic (exact) mass is 634 g/mol. The average molecular weight is 635 g/mol. The van der Waals surface area contributed by atoms with Crippen molar-refractivity contribution in [3.63, 3.8) is 0 Å². The molecule has 0 spiro atoms. The first-order chi connectivity index (χ1) is 23.0. The van der Waals surface area contributed by atoms with Crippen LogP contribution in [0.15, 0.2) is 109 Å². The second kappa shape index (κ2) is 14.1. The molecule has 8 nitrogen and oxygen atoms in total. The van der Waals surface area contributed by atoms with Crippen LogP contribution in [-0.4, -0.2) is 67.8 Å². The Labute approximate surface area is 284 Å². The van der Waals surface area contributed by atoms with E-state index < -0.39 is 0 Å². The van der Waals surface area contributed by atoms with Crippen LogP contribution in [-0.2, 0) is 0 Å². The summed E-state index contributed by atoms with van der Waals surface area (Å²) >= 11 is 0. The fraction of sp³-hybridized carbons (Fsp3) is 0.200. The predicted molar refractivity (Wildman–Crippen MR) is 205 cm³/mol. The maximum absolute atomic E-state index is 10.3. The Morgan fingerprint density at radius 1 is 0.521 bits per heavy atom. The molecule has 5 rings (SSSR count). The second-order valence-electron chi connectivity index (χ2n) is 12.4. The van der Waals surface area contributed by atoms with Crippen LogP contribution in [0.5, 0.6) is 0 Å². The molecule has 0 heterocycles. The van der Waals surface area contributed by atoms with Gasteiger partial charge in [0.1, 0.15) is 11.6 Å². The third-order valence-corrected chi connectivity index (χ3v) is 8.31. The Hall–Kier alpha value is -6.12. The second-order valence-corrected chi connectivity index (χ2v) is 12.4. The molecule has 4 aromatic carbocycles. The number of nitrogens with zero attached hydrogens (tertiary/aromatic N) is 8. The largest absolute Gasteiger partial charge is 0.379 e. The van der Waals surface area contributed by atoms with Crippen molar-refractivity contribution in [2.75, 3.05) is 76.0 Å². The first-order valence-electron chi connectivity index (χ1n) is 15.7. The van der Waals surface area contributed by atoms with E-state index in [2.05, 4.69) is 103 Å². The molecule has 0 amide bonds. The van der Waals surface area contributed by atoms with Crippen LogP contribution in [0.2, 0.25) is 0 Å². The highest BCUT2D eigenvalue weighted by Crippen LogP contribution is 2.36. The van der Waals surface area contributed by atoms with Crippen LogP contribution in [0.3, 0.4) is 0 Å². The molecule has 4 aromatic rings. The van der Waals surface area contributed by atoms with Crippen LogP contribution >= 0.6 is 0 Å². The highest BCUT2D eigenvalue weighted by atomic mass is 15.1. The standard InChI is InChI=1S/C40H42N8/c1-42-38-27-37(46(8)9)23-25-40(38)48(34-16-12-31(13-17-34)44(4)5)35-20-18-33(19-21-35)47(32-14-10-30(11-15-32)43(2)3)39-24-22-36(45(6)7)26-29(39)28-41/h10-27H,2-9H3/q+2. The van der Waals surface area contributed by atoms with Gasteiger partial charge in [0.15, 0.2) is 0 Å². The van der Waals surface area contributed by atoms with Gasteiger partial charge in [-0.2, -0.15) is 14.4 Å². The van der Waals surface area contributed by atoms with E-state index in [4.69, 9.17) is 6.57 Å². The van der Waals surface area contributed by atoms with E-state index in [9.17, 15) is 5.26 Å². The molecule has 0 aliphatic heterocycles. The average Bonchev–Trinajstić information content (AvgIpc) is 3.09. The van der Waals surface area contributed by atoms with Gasteiger partial charge >= 0.3 is 0 Å².